The number of carbonyl (C=O) groups excluding carboxylic acids is 1. The Balaban J connectivity index is 2.49. The summed E-state index contributed by atoms with van der Waals surface area (Å²) in [6, 6.07) is 4.08. The van der Waals surface area contributed by atoms with E-state index < -0.39 is 15.7 Å². The number of carbonyl (C=O) groups is 2. The lowest BCUT2D eigenvalue weighted by atomic mass is 10.1. The van der Waals surface area contributed by atoms with Crippen LogP contribution in [0.15, 0.2) is 18.2 Å². The third kappa shape index (κ3) is 1.97. The zero-order valence-electron chi connectivity index (χ0n) is 8.19. The average molecular weight is 334 g/mol. The number of carboxylic acids is 1. The first-order valence-electron chi connectivity index (χ1n) is 4.38. The molecule has 1 N–H and O–H groups in total. The number of fused-ring (bicyclic) bond motifs is 1. The number of carboxylic acid groups (broad SMARTS) is 1. The van der Waals surface area contributed by atoms with Gasteiger partial charge in [-0.25, -0.2) is 9.59 Å². The van der Waals surface area contributed by atoms with Crippen molar-refractivity contribution < 1.29 is 24.2 Å². The number of cyclic esters (lactones) is 1. The first-order valence-corrected chi connectivity index (χ1v) is 5.45. The van der Waals surface area contributed by atoms with Gasteiger partial charge in [0.15, 0.2) is 0 Å². The van der Waals surface area contributed by atoms with Crippen LogP contribution >= 0.6 is 22.6 Å². The fourth-order valence-corrected chi connectivity index (χ4v) is 1.79. The highest BCUT2D eigenvalue weighted by atomic mass is 127. The molecule has 5 nitrogen and oxygen atoms in total. The third-order valence-electron chi connectivity index (χ3n) is 2.01. The van der Waals surface area contributed by atoms with Crippen molar-refractivity contribution in [3.8, 4) is 5.75 Å². The highest BCUT2D eigenvalue weighted by molar-refractivity contribution is 14.1. The van der Waals surface area contributed by atoms with Crippen LogP contribution in [0.1, 0.15) is 27.6 Å². The predicted octanol–water partition coefficient (Wildman–Crippen LogP) is 2.04. The minimum atomic E-state index is -1.10. The van der Waals surface area contributed by atoms with Gasteiger partial charge in [-0.2, -0.15) is 0 Å². The van der Waals surface area contributed by atoms with Gasteiger partial charge in [0.05, 0.1) is 5.56 Å². The Morgan fingerprint density at radius 1 is 1.44 bits per heavy atom. The van der Waals surface area contributed by atoms with Crippen LogP contribution < -0.4 is 4.74 Å². The molecule has 1 unspecified atom stereocenters. The largest absolute Gasteiger partial charge is 0.478 e. The van der Waals surface area contributed by atoms with Crippen molar-refractivity contribution in [3.63, 3.8) is 0 Å². The van der Waals surface area contributed by atoms with Gasteiger partial charge in [0, 0.05) is 29.5 Å². The lowest BCUT2D eigenvalue weighted by Crippen LogP contribution is -2.36. The van der Waals surface area contributed by atoms with Crippen LogP contribution in [0.2, 0.25) is 0 Å². The van der Waals surface area contributed by atoms with E-state index in [4.69, 9.17) is 14.6 Å². The first-order chi connectivity index (χ1) is 7.39. The molecule has 0 saturated carbocycles. The molecule has 1 aromatic rings. The minimum absolute atomic E-state index is 0.0244. The van der Waals surface area contributed by atoms with Gasteiger partial charge in [-0.1, -0.05) is 0 Å². The van der Waals surface area contributed by atoms with Gasteiger partial charge in [0.2, 0.25) is 0 Å². The summed E-state index contributed by atoms with van der Waals surface area (Å²) < 4.78 is 9.29. The van der Waals surface area contributed by atoms with Crippen LogP contribution in [-0.2, 0) is 4.74 Å². The molecule has 84 valence electrons. The van der Waals surface area contributed by atoms with Crippen molar-refractivity contribution >= 4 is 34.5 Å². The van der Waals surface area contributed by atoms with E-state index in [9.17, 15) is 9.59 Å². The normalized spacial score (nSPS) is 23.0. The van der Waals surface area contributed by atoms with Gasteiger partial charge in [-0.05, 0) is 18.2 Å². The summed E-state index contributed by atoms with van der Waals surface area (Å²) in [6.07, 6.45) is 0. The molecule has 1 aliphatic heterocycles. The molecular weight excluding hydrogens is 327 g/mol. The smallest absolute Gasteiger partial charge is 0.345 e. The molecule has 0 radical (unpaired) electrons. The van der Waals surface area contributed by atoms with Crippen LogP contribution in [0.25, 0.3) is 0 Å². The van der Waals surface area contributed by atoms with Crippen molar-refractivity contribution in [2.75, 3.05) is 0 Å². The number of rotatable bonds is 1. The fourth-order valence-electron chi connectivity index (χ4n) is 1.35. The summed E-state index contributed by atoms with van der Waals surface area (Å²) in [4.78, 5) is 22.3. The molecule has 1 aliphatic rings. The molecule has 0 aliphatic carbocycles. The topological polar surface area (TPSA) is 72.8 Å². The predicted molar refractivity (Wildman–Crippen MR) is 61.9 cm³/mol. The zero-order chi connectivity index (χ0) is 11.9. The molecular formula is C10H7IO5. The van der Waals surface area contributed by atoms with E-state index in [-0.39, 0.29) is 11.1 Å². The van der Waals surface area contributed by atoms with Crippen molar-refractivity contribution in [3.05, 3.63) is 29.3 Å². The lowest BCUT2D eigenvalue weighted by molar-refractivity contribution is -0.0612. The van der Waals surface area contributed by atoms with Crippen molar-refractivity contribution in [2.45, 2.75) is 10.7 Å². The van der Waals surface area contributed by atoms with E-state index in [0.717, 1.165) is 0 Å². The molecule has 6 heteroatoms. The molecule has 0 spiro atoms. The SMILES string of the molecule is CC1(I)OC(=O)c2cc(C(=O)O)ccc2O1. The summed E-state index contributed by atoms with van der Waals surface area (Å²) in [6.45, 7) is 1.60. The monoisotopic (exact) mass is 334 g/mol. The summed E-state index contributed by atoms with van der Waals surface area (Å²) in [5, 5.41) is 8.78. The molecule has 0 amide bonds. The number of esters is 1. The van der Waals surface area contributed by atoms with Crippen LogP contribution in [0.5, 0.6) is 5.75 Å². The quantitative estimate of drug-likeness (QED) is 0.483. The highest BCUT2D eigenvalue weighted by Gasteiger charge is 2.35. The number of ether oxygens (including phenoxy) is 2. The maximum absolute atomic E-state index is 11.6. The van der Waals surface area contributed by atoms with E-state index in [1.165, 1.54) is 18.2 Å². The molecule has 0 bridgehead atoms. The van der Waals surface area contributed by atoms with E-state index >= 15 is 0 Å². The van der Waals surface area contributed by atoms with Gasteiger partial charge in [-0.15, -0.1) is 0 Å². The standard InChI is InChI=1S/C10H7IO5/c1-10(11)15-7-3-2-5(8(12)13)4-6(7)9(14)16-10/h2-4H,1H3,(H,12,13). The Kier molecular flexibility index (Phi) is 2.53. The highest BCUT2D eigenvalue weighted by Crippen LogP contribution is 2.35. The fraction of sp³-hybridized carbons (Fsp3) is 0.200. The summed E-state index contributed by atoms with van der Waals surface area (Å²) >= 11 is 1.84. The minimum Gasteiger partial charge on any atom is -0.478 e. The van der Waals surface area contributed by atoms with Gasteiger partial charge < -0.3 is 14.6 Å². The Morgan fingerprint density at radius 2 is 2.12 bits per heavy atom. The van der Waals surface area contributed by atoms with E-state index in [0.29, 0.717) is 5.75 Å². The Bertz CT molecular complexity index is 480. The van der Waals surface area contributed by atoms with Gasteiger partial charge in [-0.3, -0.25) is 0 Å². The Labute approximate surface area is 104 Å². The summed E-state index contributed by atoms with van der Waals surface area (Å²) in [5.41, 5.74) is 0.158. The van der Waals surface area contributed by atoms with Crippen LogP contribution in [-0.4, -0.2) is 20.8 Å². The molecule has 0 saturated heterocycles. The first kappa shape index (κ1) is 11.2. The van der Waals surface area contributed by atoms with E-state index in [2.05, 4.69) is 0 Å². The van der Waals surface area contributed by atoms with Crippen molar-refractivity contribution in [1.82, 2.24) is 0 Å². The van der Waals surface area contributed by atoms with Gasteiger partial charge in [0.25, 0.3) is 0 Å². The molecule has 0 aromatic heterocycles. The number of aromatic carboxylic acids is 1. The second-order valence-electron chi connectivity index (χ2n) is 3.34. The molecule has 2 rings (SSSR count). The average Bonchev–Trinajstić information content (AvgIpc) is 2.15. The van der Waals surface area contributed by atoms with Gasteiger partial charge in [0.1, 0.15) is 11.3 Å². The zero-order valence-corrected chi connectivity index (χ0v) is 10.3. The van der Waals surface area contributed by atoms with E-state index in [1.54, 1.807) is 6.92 Å². The van der Waals surface area contributed by atoms with Crippen LogP contribution in [0.3, 0.4) is 0 Å². The molecule has 0 fully saturated rings. The molecule has 1 heterocycles. The summed E-state index contributed by atoms with van der Waals surface area (Å²) in [5.74, 6) is -1.35. The second-order valence-corrected chi connectivity index (χ2v) is 5.30. The molecule has 16 heavy (non-hydrogen) atoms. The number of halogens is 1. The van der Waals surface area contributed by atoms with Crippen molar-refractivity contribution in [2.24, 2.45) is 0 Å². The summed E-state index contributed by atoms with van der Waals surface area (Å²) in [7, 11) is 0. The van der Waals surface area contributed by atoms with Gasteiger partial charge >= 0.3 is 15.7 Å². The number of benzene rings is 1. The van der Waals surface area contributed by atoms with E-state index in [1.807, 2.05) is 22.6 Å². The Hall–Kier alpha value is -1.31. The van der Waals surface area contributed by atoms with Crippen LogP contribution in [0.4, 0.5) is 0 Å². The second kappa shape index (κ2) is 3.62. The Morgan fingerprint density at radius 3 is 2.75 bits per heavy atom. The lowest BCUT2D eigenvalue weighted by Gasteiger charge is -2.29. The molecule has 1 atom stereocenters. The maximum Gasteiger partial charge on any atom is 0.345 e. The van der Waals surface area contributed by atoms with Crippen molar-refractivity contribution in [1.29, 1.82) is 0 Å². The number of hydrogen-bond acceptors (Lipinski definition) is 4. The number of hydrogen-bond donors (Lipinski definition) is 1. The maximum atomic E-state index is 11.6. The number of alkyl halides is 1. The molecule has 1 aromatic carbocycles. The third-order valence-corrected chi connectivity index (χ3v) is 2.45. The van der Waals surface area contributed by atoms with Crippen LogP contribution in [0, 0.1) is 0 Å².